The zero-order chi connectivity index (χ0) is 7.52. The maximum absolute atomic E-state index is 3.42. The molecule has 0 amide bonds. The summed E-state index contributed by atoms with van der Waals surface area (Å²) >= 11 is 0. The monoisotopic (exact) mass is 154 g/mol. The Kier molecular flexibility index (Phi) is 2.44. The molecule has 64 valence electrons. The minimum atomic E-state index is 0.952. The van der Waals surface area contributed by atoms with E-state index in [1.165, 1.54) is 52.0 Å². The van der Waals surface area contributed by atoms with Gasteiger partial charge in [0.25, 0.3) is 0 Å². The minimum absolute atomic E-state index is 0.952. The van der Waals surface area contributed by atoms with Crippen LogP contribution in [0.15, 0.2) is 0 Å². The fourth-order valence-corrected chi connectivity index (χ4v) is 2.20. The quantitative estimate of drug-likeness (QED) is 0.629. The van der Waals surface area contributed by atoms with Crippen molar-refractivity contribution < 1.29 is 0 Å². The summed E-state index contributed by atoms with van der Waals surface area (Å²) in [5.74, 6) is 0.952. The largest absolute Gasteiger partial charge is 0.316 e. The van der Waals surface area contributed by atoms with Gasteiger partial charge in [0.2, 0.25) is 0 Å². The summed E-state index contributed by atoms with van der Waals surface area (Å²) < 4.78 is 0. The van der Waals surface area contributed by atoms with Crippen LogP contribution in [0.4, 0.5) is 0 Å². The van der Waals surface area contributed by atoms with Gasteiger partial charge in [-0.05, 0) is 51.4 Å². The molecule has 0 aromatic carbocycles. The zero-order valence-corrected chi connectivity index (χ0v) is 7.18. The smallest absolute Gasteiger partial charge is 0.00223 e. The van der Waals surface area contributed by atoms with Crippen LogP contribution >= 0.6 is 0 Å². The highest BCUT2D eigenvalue weighted by molar-refractivity contribution is 4.76. The molecule has 2 aliphatic heterocycles. The van der Waals surface area contributed by atoms with Gasteiger partial charge in [0.15, 0.2) is 0 Å². The molecule has 2 heterocycles. The van der Waals surface area contributed by atoms with E-state index >= 15 is 0 Å². The van der Waals surface area contributed by atoms with E-state index < -0.39 is 0 Å². The molecule has 1 N–H and O–H groups in total. The Morgan fingerprint density at radius 2 is 2.09 bits per heavy atom. The topological polar surface area (TPSA) is 15.3 Å². The van der Waals surface area contributed by atoms with Gasteiger partial charge >= 0.3 is 0 Å². The lowest BCUT2D eigenvalue weighted by Crippen LogP contribution is -2.27. The first-order valence-corrected chi connectivity index (χ1v) is 4.88. The first kappa shape index (κ1) is 7.56. The van der Waals surface area contributed by atoms with E-state index in [4.69, 9.17) is 0 Å². The van der Waals surface area contributed by atoms with E-state index in [1.54, 1.807) is 0 Å². The molecular formula is C9H18N2. The highest BCUT2D eigenvalue weighted by Gasteiger charge is 2.19. The maximum atomic E-state index is 3.42. The van der Waals surface area contributed by atoms with Crippen molar-refractivity contribution in [2.75, 3.05) is 32.7 Å². The van der Waals surface area contributed by atoms with Crippen LogP contribution in [-0.2, 0) is 0 Å². The third-order valence-corrected chi connectivity index (χ3v) is 2.88. The predicted octanol–water partition coefficient (Wildman–Crippen LogP) is 0.692. The van der Waals surface area contributed by atoms with Crippen molar-refractivity contribution in [3.8, 4) is 0 Å². The van der Waals surface area contributed by atoms with Crippen LogP contribution in [0.5, 0.6) is 0 Å². The first-order valence-electron chi connectivity index (χ1n) is 4.88. The molecule has 11 heavy (non-hydrogen) atoms. The molecule has 0 unspecified atom stereocenters. The zero-order valence-electron chi connectivity index (χ0n) is 7.18. The van der Waals surface area contributed by atoms with Gasteiger partial charge in [-0.1, -0.05) is 0 Å². The van der Waals surface area contributed by atoms with Crippen molar-refractivity contribution in [3.05, 3.63) is 0 Å². The molecule has 0 saturated carbocycles. The molecule has 0 aromatic rings. The lowest BCUT2D eigenvalue weighted by Gasteiger charge is -2.18. The highest BCUT2D eigenvalue weighted by atomic mass is 15.1. The van der Waals surface area contributed by atoms with E-state index in [9.17, 15) is 0 Å². The number of hydrogen-bond donors (Lipinski definition) is 1. The standard InChI is InChI=1S/C9H18N2/c1-2-6-11(5-1)8-9-3-4-10-7-9/h9-10H,1-8H2/t9-/m0/s1. The van der Waals surface area contributed by atoms with Crippen molar-refractivity contribution >= 4 is 0 Å². The van der Waals surface area contributed by atoms with E-state index in [0.29, 0.717) is 0 Å². The average Bonchev–Trinajstić information content (AvgIpc) is 2.60. The van der Waals surface area contributed by atoms with Gasteiger partial charge in [-0.15, -0.1) is 0 Å². The Morgan fingerprint density at radius 3 is 2.73 bits per heavy atom. The van der Waals surface area contributed by atoms with Crippen LogP contribution in [0.25, 0.3) is 0 Å². The lowest BCUT2D eigenvalue weighted by molar-refractivity contribution is 0.288. The van der Waals surface area contributed by atoms with Crippen LogP contribution in [0.2, 0.25) is 0 Å². The number of nitrogens with one attached hydrogen (secondary N) is 1. The van der Waals surface area contributed by atoms with Crippen LogP contribution in [0.1, 0.15) is 19.3 Å². The Labute approximate surface area is 69.0 Å². The van der Waals surface area contributed by atoms with Crippen LogP contribution < -0.4 is 5.32 Å². The predicted molar refractivity (Wildman–Crippen MR) is 46.7 cm³/mol. The third kappa shape index (κ3) is 1.94. The summed E-state index contributed by atoms with van der Waals surface area (Å²) in [6.45, 7) is 6.58. The van der Waals surface area contributed by atoms with Crippen molar-refractivity contribution in [3.63, 3.8) is 0 Å². The molecule has 0 radical (unpaired) electrons. The molecule has 2 saturated heterocycles. The van der Waals surface area contributed by atoms with Crippen molar-refractivity contribution in [2.45, 2.75) is 19.3 Å². The molecule has 2 heteroatoms. The summed E-state index contributed by atoms with van der Waals surface area (Å²) in [5, 5.41) is 3.42. The van der Waals surface area contributed by atoms with Crippen LogP contribution in [0, 0.1) is 5.92 Å². The lowest BCUT2D eigenvalue weighted by atomic mass is 10.1. The highest BCUT2D eigenvalue weighted by Crippen LogP contribution is 2.14. The molecular weight excluding hydrogens is 136 g/mol. The van der Waals surface area contributed by atoms with Gasteiger partial charge in [-0.2, -0.15) is 0 Å². The maximum Gasteiger partial charge on any atom is 0.00223 e. The molecule has 2 rings (SSSR count). The van der Waals surface area contributed by atoms with Crippen molar-refractivity contribution in [2.24, 2.45) is 5.92 Å². The van der Waals surface area contributed by atoms with Crippen molar-refractivity contribution in [1.29, 1.82) is 0 Å². The van der Waals surface area contributed by atoms with E-state index in [0.717, 1.165) is 5.92 Å². The molecule has 0 aliphatic carbocycles. The molecule has 1 atom stereocenters. The molecule has 2 nitrogen and oxygen atoms in total. The normalized spacial score (nSPS) is 33.3. The van der Waals surface area contributed by atoms with Crippen molar-refractivity contribution in [1.82, 2.24) is 10.2 Å². The number of rotatable bonds is 2. The molecule has 2 fully saturated rings. The van der Waals surface area contributed by atoms with Gasteiger partial charge in [0.05, 0.1) is 0 Å². The van der Waals surface area contributed by atoms with Gasteiger partial charge in [0, 0.05) is 6.54 Å². The summed E-state index contributed by atoms with van der Waals surface area (Å²) in [5.41, 5.74) is 0. The summed E-state index contributed by atoms with van der Waals surface area (Å²) in [6.07, 6.45) is 4.26. The average molecular weight is 154 g/mol. The fourth-order valence-electron chi connectivity index (χ4n) is 2.20. The molecule has 0 spiro atoms. The minimum Gasteiger partial charge on any atom is -0.316 e. The Hall–Kier alpha value is -0.0800. The summed E-state index contributed by atoms with van der Waals surface area (Å²) in [6, 6.07) is 0. The molecule has 0 aromatic heterocycles. The second-order valence-corrected chi connectivity index (χ2v) is 3.87. The Balaban J connectivity index is 1.71. The number of likely N-dealkylation sites (tertiary alicyclic amines) is 1. The SMILES string of the molecule is C1CCN(C[C@H]2CCNC2)C1. The number of nitrogens with zero attached hydrogens (tertiary/aromatic N) is 1. The fraction of sp³-hybridized carbons (Fsp3) is 1.00. The Bertz CT molecular complexity index is 98.7. The van der Waals surface area contributed by atoms with E-state index in [-0.39, 0.29) is 0 Å². The van der Waals surface area contributed by atoms with Gasteiger partial charge < -0.3 is 10.2 Å². The summed E-state index contributed by atoms with van der Waals surface area (Å²) in [4.78, 5) is 2.62. The van der Waals surface area contributed by atoms with Gasteiger partial charge in [0.1, 0.15) is 0 Å². The third-order valence-electron chi connectivity index (χ3n) is 2.88. The van der Waals surface area contributed by atoms with Gasteiger partial charge in [-0.3, -0.25) is 0 Å². The van der Waals surface area contributed by atoms with E-state index in [2.05, 4.69) is 10.2 Å². The second kappa shape index (κ2) is 3.55. The molecule has 0 bridgehead atoms. The second-order valence-electron chi connectivity index (χ2n) is 3.87. The first-order chi connectivity index (χ1) is 5.45. The Morgan fingerprint density at radius 1 is 1.27 bits per heavy atom. The van der Waals surface area contributed by atoms with Crippen LogP contribution in [0.3, 0.4) is 0 Å². The summed E-state index contributed by atoms with van der Waals surface area (Å²) in [7, 11) is 0. The van der Waals surface area contributed by atoms with E-state index in [1.807, 2.05) is 0 Å². The van der Waals surface area contributed by atoms with Gasteiger partial charge in [-0.25, -0.2) is 0 Å². The van der Waals surface area contributed by atoms with Crippen LogP contribution in [-0.4, -0.2) is 37.6 Å². The number of hydrogen-bond acceptors (Lipinski definition) is 2. The molecule has 2 aliphatic rings.